The molecular weight excluding hydrogens is 372 g/mol. The van der Waals surface area contributed by atoms with Gasteiger partial charge in [-0.25, -0.2) is 9.59 Å². The SMILES string of the molecule is CC1(C)Cc2cc(OC(=O)O)ccc2NC1c1ccccc1NC1(C(=O)O)CC1. The van der Waals surface area contributed by atoms with Crippen molar-refractivity contribution < 1.29 is 24.5 Å². The van der Waals surface area contributed by atoms with Crippen LogP contribution in [0, 0.1) is 5.41 Å². The number of aliphatic carboxylic acids is 1. The number of nitrogens with one attached hydrogen (secondary N) is 2. The van der Waals surface area contributed by atoms with Crippen LogP contribution in [0.3, 0.4) is 0 Å². The van der Waals surface area contributed by atoms with Crippen LogP contribution in [0.2, 0.25) is 0 Å². The molecule has 0 saturated heterocycles. The Balaban J connectivity index is 1.66. The molecule has 0 amide bonds. The van der Waals surface area contributed by atoms with E-state index >= 15 is 0 Å². The van der Waals surface area contributed by atoms with Crippen LogP contribution in [-0.2, 0) is 11.2 Å². The summed E-state index contributed by atoms with van der Waals surface area (Å²) < 4.78 is 4.79. The number of rotatable bonds is 5. The Bertz CT molecular complexity index is 981. The Morgan fingerprint density at radius 1 is 1.14 bits per heavy atom. The number of ether oxygens (including phenoxy) is 1. The zero-order chi connectivity index (χ0) is 20.8. The third kappa shape index (κ3) is 3.60. The average Bonchev–Trinajstić information content (AvgIpc) is 3.41. The van der Waals surface area contributed by atoms with Crippen LogP contribution < -0.4 is 15.4 Å². The first-order valence-electron chi connectivity index (χ1n) is 9.61. The van der Waals surface area contributed by atoms with Crippen molar-refractivity contribution in [1.82, 2.24) is 0 Å². The summed E-state index contributed by atoms with van der Waals surface area (Å²) in [4.78, 5) is 22.5. The molecule has 1 aliphatic carbocycles. The summed E-state index contributed by atoms with van der Waals surface area (Å²) in [6, 6.07) is 13.0. The molecule has 4 N–H and O–H groups in total. The van der Waals surface area contributed by atoms with Crippen molar-refractivity contribution in [2.75, 3.05) is 10.6 Å². The minimum Gasteiger partial charge on any atom is -0.480 e. The fourth-order valence-corrected chi connectivity index (χ4v) is 4.10. The van der Waals surface area contributed by atoms with Crippen LogP contribution in [0.5, 0.6) is 5.75 Å². The van der Waals surface area contributed by atoms with E-state index in [0.717, 1.165) is 28.9 Å². The van der Waals surface area contributed by atoms with Gasteiger partial charge in [0.2, 0.25) is 0 Å². The number of hydrogen-bond donors (Lipinski definition) is 4. The summed E-state index contributed by atoms with van der Waals surface area (Å²) in [6.07, 6.45) is 0.619. The molecule has 1 unspecified atom stereocenters. The van der Waals surface area contributed by atoms with E-state index in [0.29, 0.717) is 18.6 Å². The van der Waals surface area contributed by atoms with Crippen molar-refractivity contribution >= 4 is 23.5 Å². The number of benzene rings is 2. The quantitative estimate of drug-likeness (QED) is 0.435. The number of carboxylic acids is 1. The number of fused-ring (bicyclic) bond motifs is 1. The van der Waals surface area contributed by atoms with Crippen molar-refractivity contribution in [2.24, 2.45) is 5.41 Å². The number of para-hydroxylation sites is 1. The highest BCUT2D eigenvalue weighted by molar-refractivity contribution is 5.86. The lowest BCUT2D eigenvalue weighted by Gasteiger charge is -2.42. The van der Waals surface area contributed by atoms with Gasteiger partial charge in [-0.1, -0.05) is 32.0 Å². The second-order valence-corrected chi connectivity index (χ2v) is 8.53. The topological polar surface area (TPSA) is 108 Å². The first-order chi connectivity index (χ1) is 13.7. The normalized spacial score (nSPS) is 20.7. The fourth-order valence-electron chi connectivity index (χ4n) is 4.10. The fraction of sp³-hybridized carbons (Fsp3) is 0.364. The maximum Gasteiger partial charge on any atom is 0.511 e. The highest BCUT2D eigenvalue weighted by atomic mass is 16.7. The van der Waals surface area contributed by atoms with Gasteiger partial charge in [0, 0.05) is 11.4 Å². The minimum atomic E-state index is -1.33. The van der Waals surface area contributed by atoms with E-state index < -0.39 is 17.7 Å². The Morgan fingerprint density at radius 2 is 1.86 bits per heavy atom. The lowest BCUT2D eigenvalue weighted by molar-refractivity contribution is -0.138. The van der Waals surface area contributed by atoms with Crippen molar-refractivity contribution in [3.05, 3.63) is 53.6 Å². The Morgan fingerprint density at radius 3 is 2.52 bits per heavy atom. The molecule has 0 bridgehead atoms. The first-order valence-corrected chi connectivity index (χ1v) is 9.61. The van der Waals surface area contributed by atoms with Crippen LogP contribution in [-0.4, -0.2) is 27.9 Å². The lowest BCUT2D eigenvalue weighted by Crippen LogP contribution is -2.37. The molecule has 1 atom stereocenters. The van der Waals surface area contributed by atoms with E-state index in [1.165, 1.54) is 0 Å². The van der Waals surface area contributed by atoms with Crippen LogP contribution in [0.15, 0.2) is 42.5 Å². The van der Waals surface area contributed by atoms with Crippen molar-refractivity contribution in [2.45, 2.75) is 44.7 Å². The smallest absolute Gasteiger partial charge is 0.480 e. The largest absolute Gasteiger partial charge is 0.511 e. The number of hydrogen-bond acceptors (Lipinski definition) is 5. The molecule has 0 radical (unpaired) electrons. The molecule has 4 rings (SSSR count). The molecule has 1 heterocycles. The highest BCUT2D eigenvalue weighted by Gasteiger charge is 2.51. The second-order valence-electron chi connectivity index (χ2n) is 8.53. The summed E-state index contributed by atoms with van der Waals surface area (Å²) in [5, 5.41) is 25.2. The predicted octanol–water partition coefficient (Wildman–Crippen LogP) is 4.51. The van der Waals surface area contributed by atoms with Gasteiger partial charge < -0.3 is 25.6 Å². The zero-order valence-electron chi connectivity index (χ0n) is 16.4. The molecule has 1 aliphatic heterocycles. The van der Waals surface area contributed by atoms with E-state index in [-0.39, 0.29) is 11.5 Å². The van der Waals surface area contributed by atoms with Gasteiger partial charge in [0.1, 0.15) is 11.3 Å². The molecule has 7 nitrogen and oxygen atoms in total. The minimum absolute atomic E-state index is 0.0467. The van der Waals surface area contributed by atoms with Crippen molar-refractivity contribution in [1.29, 1.82) is 0 Å². The second kappa shape index (κ2) is 6.69. The van der Waals surface area contributed by atoms with Gasteiger partial charge in [0.15, 0.2) is 0 Å². The molecule has 152 valence electrons. The molecule has 2 aromatic rings. The molecule has 7 heteroatoms. The third-order valence-corrected chi connectivity index (χ3v) is 5.81. The Hall–Kier alpha value is -3.22. The van der Waals surface area contributed by atoms with Gasteiger partial charge in [0.05, 0.1) is 6.04 Å². The van der Waals surface area contributed by atoms with E-state index in [1.807, 2.05) is 30.3 Å². The maximum absolute atomic E-state index is 11.6. The van der Waals surface area contributed by atoms with Gasteiger partial charge in [-0.3, -0.25) is 0 Å². The van der Waals surface area contributed by atoms with Crippen LogP contribution in [0.4, 0.5) is 16.2 Å². The lowest BCUT2D eigenvalue weighted by atomic mass is 9.72. The Kier molecular flexibility index (Phi) is 4.41. The summed E-state index contributed by atoms with van der Waals surface area (Å²) in [7, 11) is 0. The van der Waals surface area contributed by atoms with Crippen molar-refractivity contribution in [3.63, 3.8) is 0 Å². The van der Waals surface area contributed by atoms with E-state index in [2.05, 4.69) is 24.5 Å². The van der Waals surface area contributed by atoms with Gasteiger partial charge in [0.25, 0.3) is 0 Å². The van der Waals surface area contributed by atoms with Gasteiger partial charge in [-0.2, -0.15) is 0 Å². The maximum atomic E-state index is 11.6. The summed E-state index contributed by atoms with van der Waals surface area (Å²) in [5.74, 6) is -0.522. The monoisotopic (exact) mass is 396 g/mol. The third-order valence-electron chi connectivity index (χ3n) is 5.81. The molecule has 0 aromatic heterocycles. The summed E-state index contributed by atoms with van der Waals surface area (Å²) >= 11 is 0. The average molecular weight is 396 g/mol. The zero-order valence-corrected chi connectivity index (χ0v) is 16.4. The van der Waals surface area contributed by atoms with E-state index in [4.69, 9.17) is 9.84 Å². The molecule has 2 aliphatic rings. The molecular formula is C22H24N2O5. The highest BCUT2D eigenvalue weighted by Crippen LogP contribution is 2.48. The standard InChI is InChI=1S/C22H24N2O5/c1-21(2)12-13-11-14(29-20(27)28)7-8-16(13)23-18(21)15-5-3-4-6-17(15)24-22(9-10-22)19(25)26/h3-8,11,18,23-24H,9-10,12H2,1-2H3,(H,25,26)(H,27,28). The van der Waals surface area contributed by atoms with E-state index in [1.54, 1.807) is 12.1 Å². The summed E-state index contributed by atoms with van der Waals surface area (Å²) in [5.41, 5.74) is 2.68. The van der Waals surface area contributed by atoms with Crippen LogP contribution in [0.1, 0.15) is 43.9 Å². The summed E-state index contributed by atoms with van der Waals surface area (Å²) in [6.45, 7) is 4.28. The number of carbonyl (C=O) groups is 2. The first kappa shape index (κ1) is 19.1. The van der Waals surface area contributed by atoms with Crippen LogP contribution >= 0.6 is 0 Å². The number of carboxylic acid groups (broad SMARTS) is 2. The van der Waals surface area contributed by atoms with Crippen molar-refractivity contribution in [3.8, 4) is 5.75 Å². The predicted molar refractivity (Wildman–Crippen MR) is 109 cm³/mol. The molecule has 29 heavy (non-hydrogen) atoms. The van der Waals surface area contributed by atoms with E-state index in [9.17, 15) is 14.7 Å². The molecule has 1 saturated carbocycles. The Labute approximate surface area is 168 Å². The molecule has 2 aromatic carbocycles. The molecule has 0 spiro atoms. The van der Waals surface area contributed by atoms with Gasteiger partial charge in [-0.15, -0.1) is 0 Å². The van der Waals surface area contributed by atoms with Gasteiger partial charge >= 0.3 is 12.1 Å². The number of anilines is 2. The van der Waals surface area contributed by atoms with Crippen LogP contribution in [0.25, 0.3) is 0 Å². The molecule has 1 fully saturated rings. The van der Waals surface area contributed by atoms with Gasteiger partial charge in [-0.05, 0) is 60.1 Å².